The summed E-state index contributed by atoms with van der Waals surface area (Å²) in [7, 11) is 0. The Labute approximate surface area is 122 Å². The summed E-state index contributed by atoms with van der Waals surface area (Å²) in [5.41, 5.74) is 2.08. The molecule has 0 saturated heterocycles. The molecule has 2 aromatic rings. The Morgan fingerprint density at radius 2 is 2.33 bits per heavy atom. The van der Waals surface area contributed by atoms with E-state index >= 15 is 0 Å². The largest absolute Gasteiger partial charge is 0.384 e. The summed E-state index contributed by atoms with van der Waals surface area (Å²) in [6.07, 6.45) is 1.79. The van der Waals surface area contributed by atoms with Gasteiger partial charge >= 0.3 is 0 Å². The van der Waals surface area contributed by atoms with Crippen LogP contribution < -0.4 is 5.32 Å². The Kier molecular flexibility index (Phi) is 5.07. The minimum Gasteiger partial charge on any atom is -0.384 e. The molecule has 21 heavy (non-hydrogen) atoms. The maximum Gasteiger partial charge on any atom is 0.252 e. The first-order chi connectivity index (χ1) is 10.2. The van der Waals surface area contributed by atoms with Crippen LogP contribution in [0.3, 0.4) is 0 Å². The molecular formula is C15H15N3O3. The molecule has 0 aliphatic heterocycles. The maximum absolute atomic E-state index is 12.2. The predicted molar refractivity (Wildman–Crippen MR) is 75.5 cm³/mol. The van der Waals surface area contributed by atoms with E-state index < -0.39 is 0 Å². The molecule has 1 amide bonds. The van der Waals surface area contributed by atoms with Crippen molar-refractivity contribution < 1.29 is 14.4 Å². The number of carbonyl (C=O) groups is 1. The van der Waals surface area contributed by atoms with E-state index in [1.165, 1.54) is 6.33 Å². The van der Waals surface area contributed by atoms with Gasteiger partial charge in [0.25, 0.3) is 5.91 Å². The molecule has 0 unspecified atom stereocenters. The highest BCUT2D eigenvalue weighted by Gasteiger charge is 2.10. The lowest BCUT2D eigenvalue weighted by atomic mass is 10.0. The number of aliphatic hydroxyl groups excluding tert-OH is 1. The number of rotatable bonds is 4. The van der Waals surface area contributed by atoms with E-state index in [1.807, 2.05) is 19.1 Å². The van der Waals surface area contributed by atoms with Gasteiger partial charge in [0.05, 0.1) is 5.56 Å². The average molecular weight is 285 g/mol. The van der Waals surface area contributed by atoms with Crippen molar-refractivity contribution in [3.63, 3.8) is 0 Å². The van der Waals surface area contributed by atoms with Gasteiger partial charge in [0.1, 0.15) is 6.61 Å². The zero-order chi connectivity index (χ0) is 15.1. The van der Waals surface area contributed by atoms with Gasteiger partial charge in [-0.25, -0.2) is 0 Å². The van der Waals surface area contributed by atoms with Crippen molar-refractivity contribution in [1.29, 1.82) is 0 Å². The van der Waals surface area contributed by atoms with Crippen LogP contribution in [0.2, 0.25) is 0 Å². The van der Waals surface area contributed by atoms with E-state index in [-0.39, 0.29) is 12.5 Å². The molecule has 0 bridgehead atoms. The van der Waals surface area contributed by atoms with Crippen molar-refractivity contribution in [2.24, 2.45) is 0 Å². The first kappa shape index (κ1) is 14.8. The van der Waals surface area contributed by atoms with E-state index in [9.17, 15) is 4.79 Å². The third-order valence-electron chi connectivity index (χ3n) is 2.75. The molecule has 0 atom stereocenters. The molecule has 0 radical (unpaired) electrons. The van der Waals surface area contributed by atoms with Crippen molar-refractivity contribution in [3.05, 3.63) is 47.1 Å². The smallest absolute Gasteiger partial charge is 0.252 e. The Balaban J connectivity index is 2.04. The van der Waals surface area contributed by atoms with E-state index in [4.69, 9.17) is 9.63 Å². The molecule has 0 spiro atoms. The molecular weight excluding hydrogens is 270 g/mol. The summed E-state index contributed by atoms with van der Waals surface area (Å²) in [4.78, 5) is 16.0. The fraction of sp³-hybridized carbons (Fsp3) is 0.267. The fourth-order valence-corrected chi connectivity index (χ4v) is 1.78. The normalized spacial score (nSPS) is 9.81. The van der Waals surface area contributed by atoms with Gasteiger partial charge in [0.2, 0.25) is 5.89 Å². The minimum atomic E-state index is -0.244. The molecule has 2 N–H and O–H groups in total. The van der Waals surface area contributed by atoms with E-state index in [0.29, 0.717) is 30.0 Å². The number of aliphatic hydroxyl groups is 1. The quantitative estimate of drug-likeness (QED) is 0.807. The first-order valence-corrected chi connectivity index (χ1v) is 6.45. The van der Waals surface area contributed by atoms with Crippen LogP contribution in [0.15, 0.2) is 29.0 Å². The molecule has 1 heterocycles. The number of benzene rings is 1. The van der Waals surface area contributed by atoms with E-state index in [0.717, 1.165) is 5.56 Å². The maximum atomic E-state index is 12.2. The van der Waals surface area contributed by atoms with Crippen LogP contribution in [0.25, 0.3) is 0 Å². The van der Waals surface area contributed by atoms with Crippen LogP contribution in [-0.2, 0) is 6.42 Å². The van der Waals surface area contributed by atoms with Crippen LogP contribution in [0.5, 0.6) is 0 Å². The molecule has 2 rings (SSSR count). The Hall–Kier alpha value is -2.65. The van der Waals surface area contributed by atoms with Crippen LogP contribution in [0, 0.1) is 18.8 Å². The topological polar surface area (TPSA) is 88.3 Å². The summed E-state index contributed by atoms with van der Waals surface area (Å²) >= 11 is 0. The van der Waals surface area contributed by atoms with E-state index in [1.54, 1.807) is 6.07 Å². The Morgan fingerprint density at radius 1 is 1.48 bits per heavy atom. The summed E-state index contributed by atoms with van der Waals surface area (Å²) < 4.78 is 4.85. The van der Waals surface area contributed by atoms with Gasteiger partial charge in [-0.2, -0.15) is 4.98 Å². The second-order valence-electron chi connectivity index (χ2n) is 4.35. The Morgan fingerprint density at radius 3 is 3.05 bits per heavy atom. The highest BCUT2D eigenvalue weighted by atomic mass is 16.5. The zero-order valence-corrected chi connectivity index (χ0v) is 11.6. The highest BCUT2D eigenvalue weighted by molar-refractivity contribution is 5.96. The third kappa shape index (κ3) is 4.16. The average Bonchev–Trinajstić information content (AvgIpc) is 2.98. The number of hydrogen-bond acceptors (Lipinski definition) is 5. The van der Waals surface area contributed by atoms with Gasteiger partial charge in [-0.1, -0.05) is 23.1 Å². The fourth-order valence-electron chi connectivity index (χ4n) is 1.78. The summed E-state index contributed by atoms with van der Waals surface area (Å²) in [5, 5.41) is 15.0. The number of nitrogens with zero attached hydrogens (tertiary/aromatic N) is 2. The summed E-state index contributed by atoms with van der Waals surface area (Å²) in [5.74, 6) is 5.59. The molecule has 1 aromatic heterocycles. The van der Waals surface area contributed by atoms with Gasteiger partial charge in [-0.3, -0.25) is 4.79 Å². The van der Waals surface area contributed by atoms with Crippen molar-refractivity contribution in [1.82, 2.24) is 15.5 Å². The number of aromatic nitrogens is 2. The SMILES string of the molecule is Cc1ccc(C(=O)NCCc2ncno2)c(C#CCO)c1. The van der Waals surface area contributed by atoms with Gasteiger partial charge < -0.3 is 14.9 Å². The second-order valence-corrected chi connectivity index (χ2v) is 4.35. The predicted octanol–water partition coefficient (Wildman–Crippen LogP) is 0.694. The standard InChI is InChI=1S/C15H15N3O3/c1-11-4-5-13(12(9-11)3-2-8-19)15(20)16-7-6-14-17-10-18-21-14/h4-5,9-10,19H,6-8H2,1H3,(H,16,20). The van der Waals surface area contributed by atoms with Gasteiger partial charge in [-0.15, -0.1) is 0 Å². The lowest BCUT2D eigenvalue weighted by Gasteiger charge is -2.07. The lowest BCUT2D eigenvalue weighted by Crippen LogP contribution is -2.26. The number of carbonyl (C=O) groups excluding carboxylic acids is 1. The van der Waals surface area contributed by atoms with Crippen LogP contribution in [-0.4, -0.2) is 34.3 Å². The van der Waals surface area contributed by atoms with Crippen molar-refractivity contribution >= 4 is 5.91 Å². The lowest BCUT2D eigenvalue weighted by molar-refractivity contribution is 0.0953. The molecule has 0 fully saturated rings. The van der Waals surface area contributed by atoms with Crippen LogP contribution >= 0.6 is 0 Å². The second kappa shape index (κ2) is 7.22. The zero-order valence-electron chi connectivity index (χ0n) is 11.6. The number of hydrogen-bond donors (Lipinski definition) is 2. The monoisotopic (exact) mass is 285 g/mol. The van der Waals surface area contributed by atoms with Gasteiger partial charge in [-0.05, 0) is 24.6 Å². The van der Waals surface area contributed by atoms with E-state index in [2.05, 4.69) is 27.3 Å². The minimum absolute atomic E-state index is 0.225. The molecule has 6 heteroatoms. The van der Waals surface area contributed by atoms with Crippen molar-refractivity contribution in [3.8, 4) is 11.8 Å². The van der Waals surface area contributed by atoms with Crippen molar-refractivity contribution in [2.75, 3.05) is 13.2 Å². The summed E-state index contributed by atoms with van der Waals surface area (Å²) in [6, 6.07) is 5.38. The van der Waals surface area contributed by atoms with Gasteiger partial charge in [0.15, 0.2) is 6.33 Å². The molecule has 0 aliphatic rings. The highest BCUT2D eigenvalue weighted by Crippen LogP contribution is 2.10. The number of nitrogens with one attached hydrogen (secondary N) is 1. The number of amides is 1. The number of aryl methyl sites for hydroxylation is 1. The van der Waals surface area contributed by atoms with Crippen molar-refractivity contribution in [2.45, 2.75) is 13.3 Å². The van der Waals surface area contributed by atoms with Gasteiger partial charge in [0, 0.05) is 18.5 Å². The molecule has 0 aliphatic carbocycles. The first-order valence-electron chi connectivity index (χ1n) is 6.45. The summed E-state index contributed by atoms with van der Waals surface area (Å²) in [6.45, 7) is 2.06. The molecule has 1 aromatic carbocycles. The molecule has 108 valence electrons. The third-order valence-corrected chi connectivity index (χ3v) is 2.75. The van der Waals surface area contributed by atoms with Crippen LogP contribution in [0.1, 0.15) is 27.4 Å². The molecule has 6 nitrogen and oxygen atoms in total. The van der Waals surface area contributed by atoms with Crippen LogP contribution in [0.4, 0.5) is 0 Å². The molecule has 0 saturated carbocycles. The Bertz CT molecular complexity index is 669.